The van der Waals surface area contributed by atoms with Gasteiger partial charge in [0.25, 0.3) is 0 Å². The highest BCUT2D eigenvalue weighted by atomic mass is 35.5. The number of nitrogens with one attached hydrogen (secondary N) is 1. The number of likely N-dealkylation sites (N-methyl/N-ethyl adjacent to an activating group) is 1. The molecule has 1 heterocycles. The van der Waals surface area contributed by atoms with Gasteiger partial charge >= 0.3 is 0 Å². The fraction of sp³-hybridized carbons (Fsp3) is 0.417. The summed E-state index contributed by atoms with van der Waals surface area (Å²) < 4.78 is 0. The molecule has 1 rings (SSSR count). The van der Waals surface area contributed by atoms with Gasteiger partial charge in [-0.15, -0.1) is 6.58 Å². The molecule has 1 atom stereocenters. The Morgan fingerprint density at radius 1 is 1.67 bits per heavy atom. The van der Waals surface area contributed by atoms with Crippen molar-refractivity contribution in [1.29, 1.82) is 0 Å². The zero-order valence-electron chi connectivity index (χ0n) is 9.04. The van der Waals surface area contributed by atoms with Crippen LogP contribution in [0.5, 0.6) is 0 Å². The van der Waals surface area contributed by atoms with Crippen LogP contribution in [-0.2, 0) is 6.42 Å². The lowest BCUT2D eigenvalue weighted by atomic mass is 10.0. The number of aromatic nitrogens is 1. The quantitative estimate of drug-likeness (QED) is 0.752. The third kappa shape index (κ3) is 4.02. The summed E-state index contributed by atoms with van der Waals surface area (Å²) in [6.45, 7) is 6.82. The first-order valence-corrected chi connectivity index (χ1v) is 5.58. The molecule has 1 unspecified atom stereocenters. The highest BCUT2D eigenvalue weighted by Gasteiger charge is 2.08. The third-order valence-electron chi connectivity index (χ3n) is 2.27. The highest BCUT2D eigenvalue weighted by molar-refractivity contribution is 6.31. The van der Waals surface area contributed by atoms with E-state index < -0.39 is 0 Å². The number of rotatable bonds is 6. The largest absolute Gasteiger partial charge is 0.314 e. The zero-order valence-corrected chi connectivity index (χ0v) is 9.80. The van der Waals surface area contributed by atoms with Crippen LogP contribution in [0.15, 0.2) is 31.1 Å². The van der Waals surface area contributed by atoms with E-state index in [0.29, 0.717) is 6.04 Å². The molecule has 0 saturated heterocycles. The predicted molar refractivity (Wildman–Crippen MR) is 65.2 cm³/mol. The summed E-state index contributed by atoms with van der Waals surface area (Å²) in [7, 11) is 0. The molecule has 0 amide bonds. The Kier molecular flexibility index (Phi) is 5.37. The van der Waals surface area contributed by atoms with Gasteiger partial charge in [-0.2, -0.15) is 0 Å². The van der Waals surface area contributed by atoms with Crippen LogP contribution in [0.4, 0.5) is 0 Å². The summed E-state index contributed by atoms with van der Waals surface area (Å²) in [6.07, 6.45) is 7.27. The van der Waals surface area contributed by atoms with Crippen LogP contribution in [0.2, 0.25) is 5.02 Å². The molecule has 0 spiro atoms. The van der Waals surface area contributed by atoms with Gasteiger partial charge in [0.15, 0.2) is 0 Å². The highest BCUT2D eigenvalue weighted by Crippen LogP contribution is 2.16. The third-order valence-corrected chi connectivity index (χ3v) is 2.61. The molecule has 1 aromatic rings. The van der Waals surface area contributed by atoms with E-state index in [1.54, 1.807) is 12.4 Å². The monoisotopic (exact) mass is 224 g/mol. The number of hydrogen-bond acceptors (Lipinski definition) is 2. The minimum absolute atomic E-state index is 0.410. The Labute approximate surface area is 96.4 Å². The van der Waals surface area contributed by atoms with Gasteiger partial charge in [-0.3, -0.25) is 4.98 Å². The summed E-state index contributed by atoms with van der Waals surface area (Å²) in [5.41, 5.74) is 1.14. The predicted octanol–water partition coefficient (Wildman–Crippen LogP) is 2.83. The average molecular weight is 225 g/mol. The number of hydrogen-bond donors (Lipinski definition) is 1. The van der Waals surface area contributed by atoms with E-state index in [0.717, 1.165) is 30.0 Å². The van der Waals surface area contributed by atoms with Gasteiger partial charge in [-0.1, -0.05) is 24.6 Å². The van der Waals surface area contributed by atoms with Crippen LogP contribution >= 0.6 is 11.6 Å². The van der Waals surface area contributed by atoms with Crippen LogP contribution in [-0.4, -0.2) is 17.6 Å². The van der Waals surface area contributed by atoms with E-state index in [9.17, 15) is 0 Å². The molecule has 0 saturated carbocycles. The molecular weight excluding hydrogens is 208 g/mol. The van der Waals surface area contributed by atoms with E-state index >= 15 is 0 Å². The first-order chi connectivity index (χ1) is 7.27. The Balaban J connectivity index is 2.64. The normalized spacial score (nSPS) is 12.4. The van der Waals surface area contributed by atoms with Gasteiger partial charge in [0.1, 0.15) is 0 Å². The lowest BCUT2D eigenvalue weighted by Crippen LogP contribution is -2.30. The van der Waals surface area contributed by atoms with Crippen LogP contribution < -0.4 is 5.32 Å². The first kappa shape index (κ1) is 12.2. The summed E-state index contributed by atoms with van der Waals surface area (Å²) in [5.74, 6) is 0. The lowest BCUT2D eigenvalue weighted by molar-refractivity contribution is 0.529. The SMILES string of the molecule is C=CCC(Cc1ccncc1Cl)NCC. The maximum absolute atomic E-state index is 6.05. The topological polar surface area (TPSA) is 24.9 Å². The minimum Gasteiger partial charge on any atom is -0.314 e. The summed E-state index contributed by atoms with van der Waals surface area (Å²) in [6, 6.07) is 2.38. The lowest BCUT2D eigenvalue weighted by Gasteiger charge is -2.16. The minimum atomic E-state index is 0.410. The molecule has 0 radical (unpaired) electrons. The van der Waals surface area contributed by atoms with Crippen molar-refractivity contribution < 1.29 is 0 Å². The van der Waals surface area contributed by atoms with Crippen molar-refractivity contribution in [2.75, 3.05) is 6.54 Å². The maximum atomic E-state index is 6.05. The van der Waals surface area contributed by atoms with Crippen LogP contribution in [0.25, 0.3) is 0 Å². The van der Waals surface area contributed by atoms with Crippen molar-refractivity contribution in [3.05, 3.63) is 41.7 Å². The zero-order chi connectivity index (χ0) is 11.1. The van der Waals surface area contributed by atoms with Gasteiger partial charge in [-0.05, 0) is 31.0 Å². The van der Waals surface area contributed by atoms with E-state index in [1.165, 1.54) is 0 Å². The first-order valence-electron chi connectivity index (χ1n) is 5.20. The second-order valence-electron chi connectivity index (χ2n) is 3.45. The van der Waals surface area contributed by atoms with Gasteiger partial charge < -0.3 is 5.32 Å². The summed E-state index contributed by atoms with van der Waals surface area (Å²) in [4.78, 5) is 3.97. The van der Waals surface area contributed by atoms with E-state index in [2.05, 4.69) is 23.8 Å². The molecule has 0 bridgehead atoms. The Morgan fingerprint density at radius 3 is 3.07 bits per heavy atom. The molecule has 1 aromatic heterocycles. The van der Waals surface area contributed by atoms with E-state index in [-0.39, 0.29) is 0 Å². The Bertz CT molecular complexity index is 312. The smallest absolute Gasteiger partial charge is 0.0621 e. The fourth-order valence-corrected chi connectivity index (χ4v) is 1.76. The summed E-state index contributed by atoms with van der Waals surface area (Å²) >= 11 is 6.05. The number of halogens is 1. The molecule has 1 N–H and O–H groups in total. The molecule has 0 aliphatic rings. The second kappa shape index (κ2) is 6.59. The van der Waals surface area contributed by atoms with Crippen LogP contribution in [0.1, 0.15) is 18.9 Å². The molecule has 3 heteroatoms. The average Bonchev–Trinajstić information content (AvgIpc) is 2.22. The van der Waals surface area contributed by atoms with Crippen molar-refractivity contribution in [2.24, 2.45) is 0 Å². The molecule has 0 aliphatic carbocycles. The van der Waals surface area contributed by atoms with E-state index in [4.69, 9.17) is 11.6 Å². The number of pyridine rings is 1. The molecule has 0 fully saturated rings. The summed E-state index contributed by atoms with van der Waals surface area (Å²) in [5, 5.41) is 4.15. The molecule has 15 heavy (non-hydrogen) atoms. The van der Waals surface area contributed by atoms with Crippen molar-refractivity contribution in [2.45, 2.75) is 25.8 Å². The Hall–Kier alpha value is -0.860. The fourth-order valence-electron chi connectivity index (χ4n) is 1.56. The maximum Gasteiger partial charge on any atom is 0.0621 e. The molecule has 0 aliphatic heterocycles. The van der Waals surface area contributed by atoms with E-state index in [1.807, 2.05) is 12.1 Å². The molecular formula is C12H17ClN2. The molecule has 0 aromatic carbocycles. The van der Waals surface area contributed by atoms with Gasteiger partial charge in [-0.25, -0.2) is 0 Å². The van der Waals surface area contributed by atoms with Gasteiger partial charge in [0.05, 0.1) is 5.02 Å². The van der Waals surface area contributed by atoms with Gasteiger partial charge in [0.2, 0.25) is 0 Å². The molecule has 2 nitrogen and oxygen atoms in total. The van der Waals surface area contributed by atoms with Gasteiger partial charge in [0, 0.05) is 18.4 Å². The van der Waals surface area contributed by atoms with Crippen molar-refractivity contribution >= 4 is 11.6 Å². The van der Waals surface area contributed by atoms with Crippen molar-refractivity contribution in [1.82, 2.24) is 10.3 Å². The number of nitrogens with zero attached hydrogens (tertiary/aromatic N) is 1. The van der Waals surface area contributed by atoms with Crippen LogP contribution in [0.3, 0.4) is 0 Å². The van der Waals surface area contributed by atoms with Crippen molar-refractivity contribution in [3.63, 3.8) is 0 Å². The standard InChI is InChI=1S/C12H17ClN2/c1-3-5-11(15-4-2)8-10-6-7-14-9-12(10)13/h3,6-7,9,11,15H,1,4-5,8H2,2H3. The van der Waals surface area contributed by atoms with Crippen molar-refractivity contribution in [3.8, 4) is 0 Å². The molecule has 82 valence electrons. The Morgan fingerprint density at radius 2 is 2.47 bits per heavy atom. The van der Waals surface area contributed by atoms with Crippen LogP contribution in [0, 0.1) is 0 Å². The second-order valence-corrected chi connectivity index (χ2v) is 3.86.